The molecule has 0 aliphatic heterocycles. The van der Waals surface area contributed by atoms with E-state index in [1.54, 1.807) is 18.2 Å². The molecule has 0 unspecified atom stereocenters. The number of hydrogen-bond donors (Lipinski definition) is 0. The van der Waals surface area contributed by atoms with Crippen LogP contribution < -0.4 is 0 Å². The van der Waals surface area contributed by atoms with Crippen LogP contribution in [0.1, 0.15) is 38.9 Å². The lowest BCUT2D eigenvalue weighted by Gasteiger charge is -2.21. The Labute approximate surface area is 358 Å². The Morgan fingerprint density at radius 3 is 1.32 bits per heavy atom. The van der Waals surface area contributed by atoms with E-state index in [0.29, 0.717) is 11.4 Å². The van der Waals surface area contributed by atoms with E-state index >= 15 is 0 Å². The van der Waals surface area contributed by atoms with E-state index in [9.17, 15) is 13.2 Å². The van der Waals surface area contributed by atoms with Crippen molar-refractivity contribution in [1.82, 2.24) is 9.13 Å². The Balaban J connectivity index is 1.33. The Morgan fingerprint density at radius 1 is 0.435 bits per heavy atom. The predicted molar refractivity (Wildman–Crippen MR) is 251 cm³/mol. The van der Waals surface area contributed by atoms with Gasteiger partial charge in [0.05, 0.1) is 45.6 Å². The number of hydrogen-bond acceptors (Lipinski definition) is 0. The summed E-state index contributed by atoms with van der Waals surface area (Å²) in [5.41, 5.74) is 16.3. The van der Waals surface area contributed by atoms with E-state index < -0.39 is 11.7 Å². The number of aromatic nitrogens is 2. The molecule has 302 valence electrons. The summed E-state index contributed by atoms with van der Waals surface area (Å²) < 4.78 is 48.8. The summed E-state index contributed by atoms with van der Waals surface area (Å²) in [6, 6.07) is 47.5. The number of alkyl halides is 3. The van der Waals surface area contributed by atoms with Crippen molar-refractivity contribution < 1.29 is 13.2 Å². The number of rotatable bonds is 5. The molecule has 0 N–H and O–H groups in total. The molecule has 0 fully saturated rings. The predicted octanol–water partition coefficient (Wildman–Crippen LogP) is 16.3. The highest BCUT2D eigenvalue weighted by atomic mass is 19.4. The van der Waals surface area contributed by atoms with Crippen LogP contribution in [-0.2, 0) is 6.18 Å². The average molecular weight is 814 g/mol. The van der Waals surface area contributed by atoms with Crippen LogP contribution in [0.3, 0.4) is 0 Å². The van der Waals surface area contributed by atoms with Crippen molar-refractivity contribution in [2.45, 2.75) is 47.7 Å². The molecule has 8 aromatic carbocycles. The Bertz CT molecular complexity index is 3490. The van der Waals surface area contributed by atoms with Crippen LogP contribution in [-0.4, -0.2) is 9.13 Å². The maximum absolute atomic E-state index is 14.8. The molecule has 0 spiro atoms. The van der Waals surface area contributed by atoms with Crippen molar-refractivity contribution in [2.24, 2.45) is 0 Å². The van der Waals surface area contributed by atoms with Crippen LogP contribution in [0.25, 0.3) is 93.2 Å². The monoisotopic (exact) mass is 813 g/mol. The minimum atomic E-state index is -4.64. The summed E-state index contributed by atoms with van der Waals surface area (Å²) >= 11 is 0. The van der Waals surface area contributed by atoms with Gasteiger partial charge in [0, 0.05) is 21.5 Å². The third-order valence-corrected chi connectivity index (χ3v) is 12.5. The van der Waals surface area contributed by atoms with E-state index in [1.807, 2.05) is 24.3 Å². The highest BCUT2D eigenvalue weighted by Gasteiger charge is 2.34. The number of benzene rings is 8. The number of halogens is 3. The van der Waals surface area contributed by atoms with Gasteiger partial charge in [0.2, 0.25) is 0 Å². The van der Waals surface area contributed by atoms with Gasteiger partial charge in [0.1, 0.15) is 0 Å². The number of para-hydroxylation sites is 2. The molecule has 2 heterocycles. The van der Waals surface area contributed by atoms with Gasteiger partial charge in [-0.2, -0.15) is 13.2 Å². The van der Waals surface area contributed by atoms with E-state index in [2.05, 4.69) is 140 Å². The van der Waals surface area contributed by atoms with Gasteiger partial charge in [-0.25, -0.2) is 4.85 Å². The number of nitrogens with zero attached hydrogens (tertiary/aromatic N) is 3. The molecule has 3 nitrogen and oxygen atoms in total. The van der Waals surface area contributed by atoms with Crippen molar-refractivity contribution in [2.75, 3.05) is 0 Å². The lowest BCUT2D eigenvalue weighted by Crippen LogP contribution is -2.08. The fraction of sp³-hybridized carbons (Fsp3) is 0.125. The molecular weight excluding hydrogens is 772 g/mol. The van der Waals surface area contributed by atoms with Crippen LogP contribution in [0.4, 0.5) is 18.9 Å². The minimum Gasteiger partial charge on any atom is -0.308 e. The van der Waals surface area contributed by atoms with Crippen molar-refractivity contribution in [3.63, 3.8) is 0 Å². The molecule has 0 atom stereocenters. The quantitative estimate of drug-likeness (QED) is 0.154. The van der Waals surface area contributed by atoms with Gasteiger partial charge in [-0.1, -0.05) is 102 Å². The van der Waals surface area contributed by atoms with Gasteiger partial charge >= 0.3 is 6.18 Å². The second-order valence-corrected chi connectivity index (χ2v) is 16.7. The summed E-state index contributed by atoms with van der Waals surface area (Å²) in [7, 11) is 0. The first-order valence-corrected chi connectivity index (χ1v) is 20.8. The van der Waals surface area contributed by atoms with Gasteiger partial charge in [-0.3, -0.25) is 0 Å². The lowest BCUT2D eigenvalue weighted by atomic mass is 9.93. The van der Waals surface area contributed by atoms with Gasteiger partial charge < -0.3 is 9.13 Å². The van der Waals surface area contributed by atoms with E-state index in [4.69, 9.17) is 6.57 Å². The topological polar surface area (TPSA) is 14.2 Å². The molecule has 0 aliphatic carbocycles. The van der Waals surface area contributed by atoms with Crippen LogP contribution >= 0.6 is 0 Å². The van der Waals surface area contributed by atoms with Crippen molar-refractivity contribution >= 4 is 49.3 Å². The van der Waals surface area contributed by atoms with E-state index in [0.717, 1.165) is 60.8 Å². The highest BCUT2D eigenvalue weighted by Crippen LogP contribution is 2.47. The summed E-state index contributed by atoms with van der Waals surface area (Å²) in [5.74, 6) is 0. The second kappa shape index (κ2) is 14.4. The van der Waals surface area contributed by atoms with Crippen molar-refractivity contribution in [1.29, 1.82) is 0 Å². The first-order valence-electron chi connectivity index (χ1n) is 20.8. The van der Waals surface area contributed by atoms with E-state index in [1.165, 1.54) is 56.6 Å². The molecule has 0 saturated carbocycles. The third-order valence-electron chi connectivity index (χ3n) is 12.5. The molecule has 10 rings (SSSR count). The molecule has 6 heteroatoms. The molecule has 10 aromatic rings. The van der Waals surface area contributed by atoms with Crippen LogP contribution in [0, 0.1) is 48.1 Å². The van der Waals surface area contributed by atoms with Gasteiger partial charge in [-0.15, -0.1) is 0 Å². The molecular formula is C56H42F3N3. The fourth-order valence-corrected chi connectivity index (χ4v) is 10.2. The number of fused-ring (bicyclic) bond motifs is 6. The molecule has 0 amide bonds. The summed E-state index contributed by atoms with van der Waals surface area (Å²) in [6.45, 7) is 21.3. The molecule has 0 bridgehead atoms. The Hall–Kier alpha value is -7.36. The Kier molecular flexibility index (Phi) is 9.01. The maximum atomic E-state index is 14.8. The second-order valence-electron chi connectivity index (χ2n) is 16.7. The van der Waals surface area contributed by atoms with Crippen LogP contribution in [0.5, 0.6) is 0 Å². The molecule has 0 radical (unpaired) electrons. The smallest absolute Gasteiger partial charge is 0.308 e. The number of aryl methyl sites for hydroxylation is 6. The zero-order chi connectivity index (χ0) is 43.2. The molecule has 0 aliphatic rings. The fourth-order valence-electron chi connectivity index (χ4n) is 10.2. The lowest BCUT2D eigenvalue weighted by molar-refractivity contribution is -0.137. The SMILES string of the molecule is [C-]#[N+]c1cc(-n2c3ccccc3c3cc(-c4c(C)cc(C)cc4C)ccc32)c(-n2c3ccccc3c3cc(-c4c(C)cc(C)cc4C)ccc32)cc1-c1ccccc1C(F)(F)F. The third kappa shape index (κ3) is 6.10. The summed E-state index contributed by atoms with van der Waals surface area (Å²) in [4.78, 5) is 3.96. The Morgan fingerprint density at radius 2 is 0.855 bits per heavy atom. The molecule has 62 heavy (non-hydrogen) atoms. The minimum absolute atomic E-state index is 0.0390. The van der Waals surface area contributed by atoms with Crippen molar-refractivity contribution in [3.8, 4) is 44.8 Å². The van der Waals surface area contributed by atoms with Gasteiger partial charge in [0.15, 0.2) is 5.69 Å². The molecule has 2 aromatic heterocycles. The van der Waals surface area contributed by atoms with Crippen LogP contribution in [0.2, 0.25) is 0 Å². The van der Waals surface area contributed by atoms with Gasteiger partial charge in [-0.05, 0) is 152 Å². The average Bonchev–Trinajstić information content (AvgIpc) is 3.74. The summed E-state index contributed by atoms with van der Waals surface area (Å²) in [6.07, 6.45) is -4.64. The normalized spacial score (nSPS) is 11.9. The van der Waals surface area contributed by atoms with Crippen LogP contribution in [0.15, 0.2) is 146 Å². The van der Waals surface area contributed by atoms with Gasteiger partial charge in [0.25, 0.3) is 0 Å². The summed E-state index contributed by atoms with van der Waals surface area (Å²) in [5, 5.41) is 4.10. The zero-order valence-electron chi connectivity index (χ0n) is 35.3. The maximum Gasteiger partial charge on any atom is 0.416 e. The highest BCUT2D eigenvalue weighted by molar-refractivity contribution is 6.13. The van der Waals surface area contributed by atoms with Crippen molar-refractivity contribution in [3.05, 3.63) is 196 Å². The molecule has 0 saturated heterocycles. The largest absolute Gasteiger partial charge is 0.416 e. The first kappa shape index (κ1) is 38.8. The first-order chi connectivity index (χ1) is 29.8. The zero-order valence-corrected chi connectivity index (χ0v) is 35.3. The standard InChI is InChI=1S/C56H42F3N3/c1-32-24-34(3)54(35(4)25-32)38-20-22-50-44(28-38)41-15-9-12-18-48(41)61(50)52-30-43(40-14-8-11-17-46(40)56(57,58)59)47(60-7)31-53(52)62-49-19-13-10-16-42(49)45-29-39(21-23-51(45)62)55-36(5)26-33(2)27-37(55)6/h8-31H,1-6H3. The van der Waals surface area contributed by atoms with E-state index in [-0.39, 0.29) is 16.8 Å².